The number of nitrogens with zero attached hydrogens (tertiary/aromatic N) is 2. The highest BCUT2D eigenvalue weighted by atomic mass is 35.5. The van der Waals surface area contributed by atoms with E-state index in [4.69, 9.17) is 11.6 Å². The molecule has 1 heterocycles. The number of aromatic nitrogens is 1. The van der Waals surface area contributed by atoms with Gasteiger partial charge in [0.05, 0.1) is 10.7 Å². The van der Waals surface area contributed by atoms with E-state index in [1.54, 1.807) is 0 Å². The SMILES string of the molecule is C=CCCCN(C)c1ccc(Cl)c(CNC)n1. The van der Waals surface area contributed by atoms with E-state index >= 15 is 0 Å². The first-order valence-corrected chi connectivity index (χ1v) is 6.19. The molecular weight excluding hydrogens is 234 g/mol. The molecule has 0 bridgehead atoms. The Morgan fingerprint density at radius 2 is 2.29 bits per heavy atom. The van der Waals surface area contributed by atoms with Gasteiger partial charge in [0.25, 0.3) is 0 Å². The predicted octanol–water partition coefficient (Wildman–Crippen LogP) is 2.86. The van der Waals surface area contributed by atoms with Crippen molar-refractivity contribution in [3.8, 4) is 0 Å². The molecule has 0 aliphatic heterocycles. The summed E-state index contributed by atoms with van der Waals surface area (Å²) in [5, 5.41) is 3.78. The Labute approximate surface area is 108 Å². The van der Waals surface area contributed by atoms with E-state index in [1.165, 1.54) is 0 Å². The standard InChI is InChI=1S/C13H20ClN3/c1-4-5-6-9-17(3)13-8-7-11(14)12(16-13)10-15-2/h4,7-8,15H,1,5-6,9-10H2,2-3H3. The monoisotopic (exact) mass is 253 g/mol. The number of pyridine rings is 1. The van der Waals surface area contributed by atoms with Crippen molar-refractivity contribution in [3.05, 3.63) is 35.5 Å². The molecule has 0 amide bonds. The van der Waals surface area contributed by atoms with Crippen LogP contribution in [0.3, 0.4) is 0 Å². The van der Waals surface area contributed by atoms with E-state index in [0.717, 1.165) is 30.9 Å². The molecule has 1 aromatic heterocycles. The number of unbranched alkanes of at least 4 members (excludes halogenated alkanes) is 1. The first-order valence-electron chi connectivity index (χ1n) is 5.81. The van der Waals surface area contributed by atoms with E-state index < -0.39 is 0 Å². The lowest BCUT2D eigenvalue weighted by atomic mass is 10.3. The number of rotatable bonds is 7. The van der Waals surface area contributed by atoms with E-state index in [9.17, 15) is 0 Å². The second-order valence-electron chi connectivity index (χ2n) is 3.98. The van der Waals surface area contributed by atoms with Crippen LogP contribution in [0.2, 0.25) is 5.02 Å². The molecule has 1 aromatic rings. The number of anilines is 1. The Balaban J connectivity index is 2.69. The maximum Gasteiger partial charge on any atom is 0.128 e. The molecule has 0 saturated carbocycles. The van der Waals surface area contributed by atoms with E-state index in [2.05, 4.69) is 21.8 Å². The minimum atomic E-state index is 0.688. The third-order valence-corrected chi connectivity index (χ3v) is 2.89. The minimum Gasteiger partial charge on any atom is -0.360 e. The number of nitrogens with one attached hydrogen (secondary N) is 1. The van der Waals surface area contributed by atoms with Crippen LogP contribution in [0.15, 0.2) is 24.8 Å². The van der Waals surface area contributed by atoms with Crippen LogP contribution in [0.25, 0.3) is 0 Å². The molecule has 0 fully saturated rings. The van der Waals surface area contributed by atoms with Gasteiger partial charge in [-0.15, -0.1) is 6.58 Å². The quantitative estimate of drug-likeness (QED) is 0.598. The predicted molar refractivity (Wildman–Crippen MR) is 74.7 cm³/mol. The van der Waals surface area contributed by atoms with Gasteiger partial charge in [-0.1, -0.05) is 17.7 Å². The van der Waals surface area contributed by atoms with Gasteiger partial charge in [-0.2, -0.15) is 0 Å². The van der Waals surface area contributed by atoms with Crippen LogP contribution < -0.4 is 10.2 Å². The van der Waals surface area contributed by atoms with Crippen molar-refractivity contribution in [1.29, 1.82) is 0 Å². The Morgan fingerprint density at radius 3 is 2.94 bits per heavy atom. The van der Waals surface area contributed by atoms with Gasteiger partial charge in [-0.25, -0.2) is 4.98 Å². The number of hydrogen-bond acceptors (Lipinski definition) is 3. The van der Waals surface area contributed by atoms with E-state index in [0.29, 0.717) is 11.6 Å². The van der Waals surface area contributed by atoms with Crippen LogP contribution >= 0.6 is 11.6 Å². The molecule has 0 atom stereocenters. The molecule has 0 aliphatic rings. The van der Waals surface area contributed by atoms with Gasteiger partial charge in [0, 0.05) is 20.1 Å². The fraction of sp³-hybridized carbons (Fsp3) is 0.462. The maximum atomic E-state index is 6.07. The lowest BCUT2D eigenvalue weighted by Crippen LogP contribution is -2.20. The van der Waals surface area contributed by atoms with Gasteiger partial charge in [0.15, 0.2) is 0 Å². The molecule has 17 heavy (non-hydrogen) atoms. The average Bonchev–Trinajstić information content (AvgIpc) is 2.32. The summed E-state index contributed by atoms with van der Waals surface area (Å²) in [6.07, 6.45) is 4.06. The molecule has 0 spiro atoms. The molecule has 0 radical (unpaired) electrons. The van der Waals surface area contributed by atoms with Crippen molar-refractivity contribution in [3.63, 3.8) is 0 Å². The molecule has 0 aliphatic carbocycles. The summed E-state index contributed by atoms with van der Waals surface area (Å²) >= 11 is 6.07. The van der Waals surface area contributed by atoms with Crippen molar-refractivity contribution in [2.24, 2.45) is 0 Å². The van der Waals surface area contributed by atoms with Gasteiger partial charge < -0.3 is 10.2 Å². The molecule has 1 rings (SSSR count). The Kier molecular flexibility index (Phi) is 6.01. The third kappa shape index (κ3) is 4.36. The van der Waals surface area contributed by atoms with E-state index in [1.807, 2.05) is 32.3 Å². The van der Waals surface area contributed by atoms with Crippen molar-refractivity contribution in [1.82, 2.24) is 10.3 Å². The summed E-state index contributed by atoms with van der Waals surface area (Å²) in [5.41, 5.74) is 0.891. The molecule has 0 saturated heterocycles. The Morgan fingerprint density at radius 1 is 1.53 bits per heavy atom. The van der Waals surface area contributed by atoms with Crippen LogP contribution in [-0.4, -0.2) is 25.6 Å². The Hall–Kier alpha value is -1.06. The van der Waals surface area contributed by atoms with Gasteiger partial charge in [0.2, 0.25) is 0 Å². The molecule has 3 nitrogen and oxygen atoms in total. The second kappa shape index (κ2) is 7.30. The molecule has 0 aromatic carbocycles. The van der Waals surface area contributed by atoms with Gasteiger partial charge in [-0.05, 0) is 32.0 Å². The molecule has 0 unspecified atom stereocenters. The van der Waals surface area contributed by atoms with Crippen LogP contribution in [0, 0.1) is 0 Å². The second-order valence-corrected chi connectivity index (χ2v) is 4.39. The summed E-state index contributed by atoms with van der Waals surface area (Å²) in [7, 11) is 3.93. The summed E-state index contributed by atoms with van der Waals surface area (Å²) in [5.74, 6) is 0.962. The molecule has 1 N–H and O–H groups in total. The zero-order chi connectivity index (χ0) is 12.7. The lowest BCUT2D eigenvalue weighted by Gasteiger charge is -2.18. The van der Waals surface area contributed by atoms with Crippen LogP contribution in [0.1, 0.15) is 18.5 Å². The Bertz CT molecular complexity index is 366. The zero-order valence-corrected chi connectivity index (χ0v) is 11.3. The molecule has 94 valence electrons. The minimum absolute atomic E-state index is 0.688. The summed E-state index contributed by atoms with van der Waals surface area (Å²) in [6.45, 7) is 5.38. The number of hydrogen-bond donors (Lipinski definition) is 1. The van der Waals surface area contributed by atoms with Crippen LogP contribution in [-0.2, 0) is 6.54 Å². The maximum absolute atomic E-state index is 6.07. The van der Waals surface area contributed by atoms with Gasteiger partial charge >= 0.3 is 0 Å². The largest absolute Gasteiger partial charge is 0.360 e. The first kappa shape index (κ1) is 14.0. The highest BCUT2D eigenvalue weighted by Crippen LogP contribution is 2.18. The summed E-state index contributed by atoms with van der Waals surface area (Å²) in [4.78, 5) is 6.68. The first-order chi connectivity index (χ1) is 8.19. The number of allylic oxidation sites excluding steroid dienone is 1. The van der Waals surface area contributed by atoms with Crippen LogP contribution in [0.5, 0.6) is 0 Å². The average molecular weight is 254 g/mol. The van der Waals surface area contributed by atoms with Gasteiger partial charge in [-0.3, -0.25) is 0 Å². The normalized spacial score (nSPS) is 10.3. The molecule has 4 heteroatoms. The fourth-order valence-corrected chi connectivity index (χ4v) is 1.74. The smallest absolute Gasteiger partial charge is 0.128 e. The fourth-order valence-electron chi connectivity index (χ4n) is 1.56. The third-order valence-electron chi connectivity index (χ3n) is 2.54. The van der Waals surface area contributed by atoms with E-state index in [-0.39, 0.29) is 0 Å². The lowest BCUT2D eigenvalue weighted by molar-refractivity contribution is 0.767. The summed E-state index contributed by atoms with van der Waals surface area (Å²) < 4.78 is 0. The highest BCUT2D eigenvalue weighted by Gasteiger charge is 2.06. The van der Waals surface area contributed by atoms with Crippen molar-refractivity contribution in [2.45, 2.75) is 19.4 Å². The van der Waals surface area contributed by atoms with Crippen molar-refractivity contribution >= 4 is 17.4 Å². The topological polar surface area (TPSA) is 28.2 Å². The summed E-state index contributed by atoms with van der Waals surface area (Å²) in [6, 6.07) is 3.86. The van der Waals surface area contributed by atoms with Crippen molar-refractivity contribution < 1.29 is 0 Å². The van der Waals surface area contributed by atoms with Gasteiger partial charge in [0.1, 0.15) is 5.82 Å². The molecular formula is C13H20ClN3. The number of halogens is 1. The zero-order valence-electron chi connectivity index (χ0n) is 10.5. The van der Waals surface area contributed by atoms with Crippen molar-refractivity contribution in [2.75, 3.05) is 25.5 Å². The van der Waals surface area contributed by atoms with Crippen LogP contribution in [0.4, 0.5) is 5.82 Å². The highest BCUT2D eigenvalue weighted by molar-refractivity contribution is 6.31.